The summed E-state index contributed by atoms with van der Waals surface area (Å²) in [5.41, 5.74) is 8.78. The third kappa shape index (κ3) is 1.72. The van der Waals surface area contributed by atoms with Gasteiger partial charge in [-0.15, -0.1) is 0 Å². The van der Waals surface area contributed by atoms with Crippen LogP contribution in [0.2, 0.25) is 10.0 Å². The fourth-order valence-electron chi connectivity index (χ4n) is 7.37. The van der Waals surface area contributed by atoms with E-state index in [4.69, 9.17) is 23.2 Å². The molecule has 28 heavy (non-hydrogen) atoms. The molecule has 3 fully saturated rings. The topological polar surface area (TPSA) is 0 Å². The van der Waals surface area contributed by atoms with Crippen molar-refractivity contribution in [1.29, 1.82) is 0 Å². The average Bonchev–Trinajstić information content (AvgIpc) is 2.77. The zero-order valence-electron chi connectivity index (χ0n) is 15.5. The summed E-state index contributed by atoms with van der Waals surface area (Å²) >= 11 is 12.9. The Labute approximate surface area is 175 Å². The van der Waals surface area contributed by atoms with Gasteiger partial charge in [0.05, 0.1) is 0 Å². The largest absolute Gasteiger partial charge is 0.0843 e. The maximum absolute atomic E-state index is 6.80. The van der Waals surface area contributed by atoms with Gasteiger partial charge in [0.25, 0.3) is 0 Å². The highest BCUT2D eigenvalue weighted by atomic mass is 35.5. The molecule has 3 saturated carbocycles. The first kappa shape index (κ1) is 16.1. The molecule has 3 aromatic rings. The van der Waals surface area contributed by atoms with Gasteiger partial charge in [0.15, 0.2) is 0 Å². The summed E-state index contributed by atoms with van der Waals surface area (Å²) in [7, 11) is 0. The van der Waals surface area contributed by atoms with Crippen molar-refractivity contribution in [3.05, 3.63) is 81.8 Å². The highest BCUT2D eigenvalue weighted by Gasteiger charge is 2.76. The molecule has 0 N–H and O–H groups in total. The number of hydrogen-bond donors (Lipinski definition) is 0. The van der Waals surface area contributed by atoms with Crippen LogP contribution >= 0.6 is 23.2 Å². The van der Waals surface area contributed by atoms with Gasteiger partial charge in [-0.2, -0.15) is 0 Å². The molecular formula is C26H20Cl2. The van der Waals surface area contributed by atoms with Gasteiger partial charge in [-0.3, -0.25) is 0 Å². The first-order valence-corrected chi connectivity index (χ1v) is 11.1. The number of benzene rings is 3. The number of fused-ring (bicyclic) bond motifs is 5. The van der Waals surface area contributed by atoms with E-state index in [2.05, 4.69) is 48.5 Å². The van der Waals surface area contributed by atoms with Crippen molar-refractivity contribution in [3.8, 4) is 22.3 Å². The lowest BCUT2D eigenvalue weighted by atomic mass is 9.25. The molecule has 4 aliphatic carbocycles. The highest BCUT2D eigenvalue weighted by molar-refractivity contribution is 6.33. The minimum atomic E-state index is 0.531. The molecule has 0 radical (unpaired) electrons. The van der Waals surface area contributed by atoms with E-state index in [0.29, 0.717) is 17.3 Å². The Morgan fingerprint density at radius 2 is 1.43 bits per heavy atom. The summed E-state index contributed by atoms with van der Waals surface area (Å²) in [5.74, 6) is 3.26. The summed E-state index contributed by atoms with van der Waals surface area (Å²) in [6.07, 6.45) is 4.17. The summed E-state index contributed by atoms with van der Waals surface area (Å²) in [4.78, 5) is 0. The van der Waals surface area contributed by atoms with Crippen molar-refractivity contribution < 1.29 is 0 Å². The molecule has 7 rings (SSSR count). The lowest BCUT2D eigenvalue weighted by Crippen LogP contribution is -2.70. The van der Waals surface area contributed by atoms with Crippen LogP contribution in [-0.2, 0) is 0 Å². The van der Waals surface area contributed by atoms with Crippen molar-refractivity contribution in [2.75, 3.05) is 0 Å². The first-order valence-electron chi connectivity index (χ1n) is 10.4. The van der Waals surface area contributed by atoms with E-state index in [-0.39, 0.29) is 0 Å². The zero-order valence-corrected chi connectivity index (χ0v) is 17.0. The molecule has 0 aliphatic heterocycles. The van der Waals surface area contributed by atoms with Gasteiger partial charge in [-0.05, 0) is 94.4 Å². The standard InChI is InChI=1S/C26H20Cl2/c27-18-7-4-14(5-8-18)15-6-9-19-21(10-15)23-13-17-11-16-12-22(26(16,17)23)20-2-1-3-24(28)25(19)20/h1-10,16-17,22-23H,11-13H2. The van der Waals surface area contributed by atoms with Crippen molar-refractivity contribution >= 4 is 23.2 Å². The van der Waals surface area contributed by atoms with Crippen LogP contribution in [0.5, 0.6) is 0 Å². The second-order valence-corrected chi connectivity index (χ2v) is 10.1. The van der Waals surface area contributed by atoms with Gasteiger partial charge < -0.3 is 0 Å². The van der Waals surface area contributed by atoms with Gasteiger partial charge in [0.1, 0.15) is 0 Å². The van der Waals surface area contributed by atoms with E-state index >= 15 is 0 Å². The Morgan fingerprint density at radius 3 is 2.18 bits per heavy atom. The number of rotatable bonds is 1. The average molecular weight is 403 g/mol. The molecule has 0 nitrogen and oxygen atoms in total. The van der Waals surface area contributed by atoms with Crippen LogP contribution in [-0.4, -0.2) is 0 Å². The molecule has 1 spiro atoms. The molecular weight excluding hydrogens is 383 g/mol. The normalized spacial score (nSPS) is 33.1. The van der Waals surface area contributed by atoms with Crippen LogP contribution in [0, 0.1) is 17.3 Å². The Balaban J connectivity index is 1.48. The van der Waals surface area contributed by atoms with Gasteiger partial charge in [0, 0.05) is 15.6 Å². The quantitative estimate of drug-likeness (QED) is 0.387. The van der Waals surface area contributed by atoms with Crippen molar-refractivity contribution in [2.24, 2.45) is 17.3 Å². The van der Waals surface area contributed by atoms with Crippen LogP contribution in [0.25, 0.3) is 22.3 Å². The van der Waals surface area contributed by atoms with Gasteiger partial charge in [-0.1, -0.05) is 65.7 Å². The maximum Gasteiger partial charge on any atom is 0.0487 e. The van der Waals surface area contributed by atoms with E-state index in [9.17, 15) is 0 Å². The lowest BCUT2D eigenvalue weighted by Gasteiger charge is -2.78. The predicted octanol–water partition coefficient (Wildman–Crippen LogP) is 7.94. The molecule has 4 aliphatic rings. The smallest absolute Gasteiger partial charge is 0.0487 e. The number of hydrogen-bond acceptors (Lipinski definition) is 0. The number of halogens is 2. The summed E-state index contributed by atoms with van der Waals surface area (Å²) in [6, 6.07) is 21.8. The van der Waals surface area contributed by atoms with Crippen molar-refractivity contribution in [1.82, 2.24) is 0 Å². The zero-order chi connectivity index (χ0) is 18.6. The molecule has 5 atom stereocenters. The Morgan fingerprint density at radius 1 is 0.714 bits per heavy atom. The SMILES string of the molecule is Clc1ccc(-c2ccc3c(c2)C2CC4CC5CC(c6cccc(Cl)c6-3)C452)cc1. The van der Waals surface area contributed by atoms with E-state index in [1.54, 1.807) is 0 Å². The summed E-state index contributed by atoms with van der Waals surface area (Å²) in [5, 5.41) is 1.70. The van der Waals surface area contributed by atoms with Crippen LogP contribution in [0.15, 0.2) is 60.7 Å². The summed E-state index contributed by atoms with van der Waals surface area (Å²) in [6.45, 7) is 0. The molecule has 0 bridgehead atoms. The minimum Gasteiger partial charge on any atom is -0.0843 e. The van der Waals surface area contributed by atoms with Crippen LogP contribution < -0.4 is 0 Å². The van der Waals surface area contributed by atoms with Crippen molar-refractivity contribution in [3.63, 3.8) is 0 Å². The summed E-state index contributed by atoms with van der Waals surface area (Å²) < 4.78 is 0. The molecule has 5 unspecified atom stereocenters. The van der Waals surface area contributed by atoms with E-state index in [1.807, 2.05) is 12.1 Å². The van der Waals surface area contributed by atoms with Crippen molar-refractivity contribution in [2.45, 2.75) is 31.1 Å². The fourth-order valence-corrected chi connectivity index (χ4v) is 7.78. The maximum atomic E-state index is 6.80. The third-order valence-corrected chi connectivity index (χ3v) is 9.09. The van der Waals surface area contributed by atoms with Crippen LogP contribution in [0.4, 0.5) is 0 Å². The third-order valence-electron chi connectivity index (χ3n) is 8.53. The highest BCUT2D eigenvalue weighted by Crippen LogP contribution is 2.85. The monoisotopic (exact) mass is 402 g/mol. The molecule has 0 amide bonds. The molecule has 2 heteroatoms. The molecule has 138 valence electrons. The lowest BCUT2D eigenvalue weighted by molar-refractivity contribution is -0.252. The van der Waals surface area contributed by atoms with E-state index in [0.717, 1.165) is 21.9 Å². The van der Waals surface area contributed by atoms with E-state index < -0.39 is 0 Å². The first-order chi connectivity index (χ1) is 13.7. The molecule has 0 heterocycles. The Hall–Kier alpha value is -1.76. The predicted molar refractivity (Wildman–Crippen MR) is 116 cm³/mol. The minimum absolute atomic E-state index is 0.531. The van der Waals surface area contributed by atoms with Gasteiger partial charge >= 0.3 is 0 Å². The Kier molecular flexibility index (Phi) is 3.01. The Bertz CT molecular complexity index is 1140. The van der Waals surface area contributed by atoms with Crippen LogP contribution in [0.3, 0.4) is 0 Å². The fraction of sp³-hybridized carbons (Fsp3) is 0.308. The van der Waals surface area contributed by atoms with E-state index in [1.165, 1.54) is 52.6 Å². The second kappa shape index (κ2) is 5.23. The van der Waals surface area contributed by atoms with Crippen LogP contribution in [0.1, 0.15) is 42.2 Å². The molecule has 0 aromatic heterocycles. The molecule has 3 aromatic carbocycles. The van der Waals surface area contributed by atoms with Gasteiger partial charge in [-0.25, -0.2) is 0 Å². The molecule has 0 saturated heterocycles. The van der Waals surface area contributed by atoms with Gasteiger partial charge in [0.2, 0.25) is 0 Å². The second-order valence-electron chi connectivity index (χ2n) is 9.22.